The summed E-state index contributed by atoms with van der Waals surface area (Å²) in [5.74, 6) is -0.474. The van der Waals surface area contributed by atoms with Gasteiger partial charge in [0.05, 0.1) is 10.6 Å². The van der Waals surface area contributed by atoms with Gasteiger partial charge in [0.15, 0.2) is 0 Å². The predicted molar refractivity (Wildman–Crippen MR) is 122 cm³/mol. The first-order valence-electron chi connectivity index (χ1n) is 9.08. The van der Waals surface area contributed by atoms with Crippen LogP contribution in [0.15, 0.2) is 71.6 Å². The van der Waals surface area contributed by atoms with E-state index in [4.69, 9.17) is 23.2 Å². The van der Waals surface area contributed by atoms with Gasteiger partial charge in [-0.25, -0.2) is 8.42 Å². The summed E-state index contributed by atoms with van der Waals surface area (Å²) in [5, 5.41) is 3.73. The molecule has 0 heterocycles. The number of halogens is 2. The Hall–Kier alpha value is -2.54. The molecule has 1 N–H and O–H groups in total. The number of hydrogen-bond acceptors (Lipinski definition) is 3. The first-order chi connectivity index (χ1) is 14.2. The third kappa shape index (κ3) is 5.14. The van der Waals surface area contributed by atoms with E-state index in [2.05, 4.69) is 5.32 Å². The summed E-state index contributed by atoms with van der Waals surface area (Å²) in [6, 6.07) is 17.8. The van der Waals surface area contributed by atoms with E-state index in [-0.39, 0.29) is 4.90 Å². The molecule has 1 amide bonds. The molecule has 0 fully saturated rings. The van der Waals surface area contributed by atoms with Gasteiger partial charge >= 0.3 is 0 Å². The summed E-state index contributed by atoms with van der Waals surface area (Å²) < 4.78 is 27.7. The highest BCUT2D eigenvalue weighted by Gasteiger charge is 2.27. The number of benzene rings is 3. The van der Waals surface area contributed by atoms with Gasteiger partial charge in [-0.05, 0) is 74.0 Å². The van der Waals surface area contributed by atoms with E-state index in [1.54, 1.807) is 42.5 Å². The van der Waals surface area contributed by atoms with E-state index in [9.17, 15) is 13.2 Å². The highest BCUT2D eigenvalue weighted by molar-refractivity contribution is 7.92. The maximum Gasteiger partial charge on any atom is 0.264 e. The molecule has 0 saturated carbocycles. The topological polar surface area (TPSA) is 66.5 Å². The lowest BCUT2D eigenvalue weighted by Crippen LogP contribution is -2.38. The Labute approximate surface area is 186 Å². The molecule has 0 aromatic heterocycles. The fraction of sp³-hybridized carbons (Fsp3) is 0.136. The van der Waals surface area contributed by atoms with Crippen LogP contribution in [0, 0.1) is 13.8 Å². The van der Waals surface area contributed by atoms with Crippen LogP contribution in [0.1, 0.15) is 11.1 Å². The molecule has 0 unspecified atom stereocenters. The van der Waals surface area contributed by atoms with Crippen molar-refractivity contribution in [3.63, 3.8) is 0 Å². The van der Waals surface area contributed by atoms with E-state index in [1.807, 2.05) is 13.8 Å². The third-order valence-corrected chi connectivity index (χ3v) is 6.75. The number of carbonyl (C=O) groups excluding carboxylic acids is 1. The zero-order valence-corrected chi connectivity index (χ0v) is 18.7. The van der Waals surface area contributed by atoms with Crippen molar-refractivity contribution >= 4 is 50.5 Å². The van der Waals surface area contributed by atoms with Crippen molar-refractivity contribution in [2.45, 2.75) is 18.7 Å². The van der Waals surface area contributed by atoms with Gasteiger partial charge in [0.2, 0.25) is 5.91 Å². The van der Waals surface area contributed by atoms with E-state index in [0.717, 1.165) is 15.4 Å². The summed E-state index contributed by atoms with van der Waals surface area (Å²) in [6.07, 6.45) is 0. The number of anilines is 2. The van der Waals surface area contributed by atoms with Crippen LogP contribution in [0.3, 0.4) is 0 Å². The van der Waals surface area contributed by atoms with E-state index in [0.29, 0.717) is 21.4 Å². The second-order valence-corrected chi connectivity index (χ2v) is 9.54. The summed E-state index contributed by atoms with van der Waals surface area (Å²) in [6.45, 7) is 3.32. The molecule has 8 heteroatoms. The van der Waals surface area contributed by atoms with Crippen molar-refractivity contribution in [2.24, 2.45) is 0 Å². The minimum Gasteiger partial charge on any atom is -0.324 e. The highest BCUT2D eigenvalue weighted by Crippen LogP contribution is 2.26. The summed E-state index contributed by atoms with van der Waals surface area (Å²) >= 11 is 11.9. The summed E-state index contributed by atoms with van der Waals surface area (Å²) in [4.78, 5) is 12.8. The molecule has 0 aliphatic heterocycles. The molecule has 0 radical (unpaired) electrons. The molecule has 3 aromatic rings. The Morgan fingerprint density at radius 2 is 1.50 bits per heavy atom. The number of amides is 1. The van der Waals surface area contributed by atoms with E-state index < -0.39 is 22.5 Å². The number of hydrogen-bond donors (Lipinski definition) is 1. The van der Waals surface area contributed by atoms with Crippen LogP contribution < -0.4 is 9.62 Å². The van der Waals surface area contributed by atoms with Crippen molar-refractivity contribution in [1.29, 1.82) is 0 Å². The number of aryl methyl sites for hydroxylation is 2. The van der Waals surface area contributed by atoms with Gasteiger partial charge in [0, 0.05) is 15.7 Å². The van der Waals surface area contributed by atoms with Crippen molar-refractivity contribution in [3.8, 4) is 0 Å². The van der Waals surface area contributed by atoms with Crippen LogP contribution in [0.4, 0.5) is 11.4 Å². The minimum atomic E-state index is -4.00. The van der Waals surface area contributed by atoms with Gasteiger partial charge in [0.1, 0.15) is 6.54 Å². The largest absolute Gasteiger partial charge is 0.324 e. The van der Waals surface area contributed by atoms with Crippen LogP contribution in [-0.2, 0) is 14.8 Å². The number of nitrogens with zero attached hydrogens (tertiary/aromatic N) is 1. The smallest absolute Gasteiger partial charge is 0.264 e. The predicted octanol–water partition coefficient (Wildman–Crippen LogP) is 5.44. The first-order valence-corrected chi connectivity index (χ1v) is 11.3. The average Bonchev–Trinajstić information content (AvgIpc) is 2.69. The van der Waals surface area contributed by atoms with Gasteiger partial charge in [-0.15, -0.1) is 0 Å². The molecule has 156 valence electrons. The minimum absolute atomic E-state index is 0.0444. The SMILES string of the molecule is Cc1ccc(N(CC(=O)Nc2ccc(Cl)cc2C)S(=O)(=O)c2ccc(Cl)cc2)cc1. The number of carbonyl (C=O) groups is 1. The molecule has 3 rings (SSSR count). The lowest BCUT2D eigenvalue weighted by molar-refractivity contribution is -0.114. The molecule has 30 heavy (non-hydrogen) atoms. The van der Waals surface area contributed by atoms with E-state index in [1.165, 1.54) is 24.3 Å². The fourth-order valence-electron chi connectivity index (χ4n) is 2.85. The standard InChI is InChI=1S/C22H20Cl2N2O3S/c1-15-3-8-19(9-4-15)26(30(28,29)20-10-5-17(23)6-11-20)14-22(27)25-21-12-7-18(24)13-16(21)2/h3-13H,14H2,1-2H3,(H,25,27). The van der Waals surface area contributed by atoms with Gasteiger partial charge < -0.3 is 5.32 Å². The molecule has 0 saturated heterocycles. The van der Waals surface area contributed by atoms with Crippen LogP contribution in [0.25, 0.3) is 0 Å². The summed E-state index contributed by atoms with van der Waals surface area (Å²) in [7, 11) is -4.00. The van der Waals surface area contributed by atoms with Crippen molar-refractivity contribution in [3.05, 3.63) is 87.9 Å². The Kier molecular flexibility index (Phi) is 6.71. The molecular formula is C22H20Cl2N2O3S. The zero-order chi connectivity index (χ0) is 21.9. The number of rotatable bonds is 6. The van der Waals surface area contributed by atoms with Crippen molar-refractivity contribution in [1.82, 2.24) is 0 Å². The van der Waals surface area contributed by atoms with Gasteiger partial charge in [-0.2, -0.15) is 0 Å². The number of sulfonamides is 1. The molecule has 0 aliphatic carbocycles. The molecule has 5 nitrogen and oxygen atoms in total. The molecule has 0 atom stereocenters. The van der Waals surface area contributed by atoms with Crippen molar-refractivity contribution in [2.75, 3.05) is 16.2 Å². The van der Waals surface area contributed by atoms with Crippen LogP contribution in [0.2, 0.25) is 10.0 Å². The van der Waals surface area contributed by atoms with Crippen molar-refractivity contribution < 1.29 is 13.2 Å². The summed E-state index contributed by atoms with van der Waals surface area (Å²) in [5.41, 5.74) is 2.71. The molecule has 3 aromatic carbocycles. The molecule has 0 aliphatic rings. The van der Waals surface area contributed by atoms with E-state index >= 15 is 0 Å². The second-order valence-electron chi connectivity index (χ2n) is 6.81. The Morgan fingerprint density at radius 1 is 0.900 bits per heavy atom. The highest BCUT2D eigenvalue weighted by atomic mass is 35.5. The molecular weight excluding hydrogens is 443 g/mol. The Bertz CT molecular complexity index is 1160. The monoisotopic (exact) mass is 462 g/mol. The fourth-order valence-corrected chi connectivity index (χ4v) is 4.62. The van der Waals surface area contributed by atoms with Gasteiger partial charge in [0.25, 0.3) is 10.0 Å². The lowest BCUT2D eigenvalue weighted by atomic mass is 10.2. The zero-order valence-electron chi connectivity index (χ0n) is 16.4. The normalized spacial score (nSPS) is 11.2. The van der Waals surface area contributed by atoms with Crippen LogP contribution in [0.5, 0.6) is 0 Å². The lowest BCUT2D eigenvalue weighted by Gasteiger charge is -2.24. The average molecular weight is 463 g/mol. The second kappa shape index (κ2) is 9.08. The quantitative estimate of drug-likeness (QED) is 0.529. The Balaban J connectivity index is 1.94. The maximum absolute atomic E-state index is 13.3. The molecule has 0 bridgehead atoms. The third-order valence-electron chi connectivity index (χ3n) is 4.47. The van der Waals surface area contributed by atoms with Crippen LogP contribution in [-0.4, -0.2) is 20.9 Å². The van der Waals surface area contributed by atoms with Crippen LogP contribution >= 0.6 is 23.2 Å². The molecule has 0 spiro atoms. The Morgan fingerprint density at radius 3 is 2.10 bits per heavy atom. The first kappa shape index (κ1) is 22.2. The van der Waals surface area contributed by atoms with Gasteiger partial charge in [-0.1, -0.05) is 40.9 Å². The maximum atomic E-state index is 13.3. The van der Waals surface area contributed by atoms with Gasteiger partial charge in [-0.3, -0.25) is 9.10 Å². The number of nitrogens with one attached hydrogen (secondary N) is 1.